The van der Waals surface area contributed by atoms with Crippen LogP contribution in [0.15, 0.2) is 85.1 Å². The van der Waals surface area contributed by atoms with Crippen molar-refractivity contribution >= 4 is 34.4 Å². The van der Waals surface area contributed by atoms with E-state index in [1.807, 2.05) is 80.6 Å². The minimum atomic E-state index is -0.343. The summed E-state index contributed by atoms with van der Waals surface area (Å²) in [7, 11) is 0. The summed E-state index contributed by atoms with van der Waals surface area (Å²) in [6.07, 6.45) is 6.78. The molecule has 1 saturated carbocycles. The number of pyridine rings is 2. The number of rotatable bonds is 5. The molecule has 1 fully saturated rings. The Kier molecular flexibility index (Phi) is 5.44. The molecule has 2 N–H and O–H groups in total. The second-order valence-corrected chi connectivity index (χ2v) is 10.9. The van der Waals surface area contributed by atoms with Crippen LogP contribution in [-0.2, 0) is 0 Å². The van der Waals surface area contributed by atoms with E-state index in [2.05, 4.69) is 27.8 Å². The molecule has 2 aromatic heterocycles. The van der Waals surface area contributed by atoms with Crippen molar-refractivity contribution in [1.82, 2.24) is 9.97 Å². The number of Topliss-reactive ketones (excluding diaryl/α,β-unsaturated/α-hetero) is 2. The Morgan fingerprint density at radius 3 is 1.90 bits per heavy atom. The topological polar surface area (TPSA) is 84.0 Å². The summed E-state index contributed by atoms with van der Waals surface area (Å²) in [5, 5.41) is 6.92. The highest BCUT2D eigenvalue weighted by Crippen LogP contribution is 2.55. The van der Waals surface area contributed by atoms with Gasteiger partial charge in [0.15, 0.2) is 17.4 Å². The van der Waals surface area contributed by atoms with Crippen LogP contribution in [-0.4, -0.2) is 21.5 Å². The highest BCUT2D eigenvalue weighted by Gasteiger charge is 2.56. The molecule has 3 aliphatic rings. The molecule has 2 unspecified atom stereocenters. The molecule has 0 saturated heterocycles. The Bertz CT molecular complexity index is 1640. The number of nitrogens with one attached hydrogen (secondary N) is 2. The zero-order chi connectivity index (χ0) is 26.7. The zero-order valence-corrected chi connectivity index (χ0v) is 21.8. The number of ketones is 2. The summed E-state index contributed by atoms with van der Waals surface area (Å²) in [5.41, 5.74) is 6.25. The van der Waals surface area contributed by atoms with E-state index in [-0.39, 0.29) is 35.2 Å². The molecule has 7 rings (SSSR count). The summed E-state index contributed by atoms with van der Waals surface area (Å²) >= 11 is 0. The number of carbonyl (C=O) groups is 2. The van der Waals surface area contributed by atoms with Crippen molar-refractivity contribution in [3.8, 4) is 11.4 Å². The average molecular weight is 513 g/mol. The van der Waals surface area contributed by atoms with Crippen molar-refractivity contribution in [2.75, 3.05) is 10.6 Å². The molecule has 3 aliphatic carbocycles. The lowest BCUT2D eigenvalue weighted by Crippen LogP contribution is -2.40. The number of anilines is 4. The molecule has 0 amide bonds. The fourth-order valence-corrected chi connectivity index (χ4v) is 6.40. The van der Waals surface area contributed by atoms with Gasteiger partial charge in [-0.2, -0.15) is 0 Å². The number of benzene rings is 2. The van der Waals surface area contributed by atoms with Crippen LogP contribution in [0.4, 0.5) is 22.9 Å². The molecule has 2 aromatic carbocycles. The summed E-state index contributed by atoms with van der Waals surface area (Å²) in [4.78, 5) is 38.3. The van der Waals surface area contributed by atoms with Crippen LogP contribution in [0.3, 0.4) is 0 Å². The fraction of sp³-hybridized carbons (Fsp3) is 0.212. The maximum atomic E-state index is 14.4. The van der Waals surface area contributed by atoms with Gasteiger partial charge in [0.2, 0.25) is 0 Å². The van der Waals surface area contributed by atoms with Crippen LogP contribution < -0.4 is 10.6 Å². The van der Waals surface area contributed by atoms with Gasteiger partial charge in [-0.15, -0.1) is 0 Å². The van der Waals surface area contributed by atoms with Crippen molar-refractivity contribution < 1.29 is 9.59 Å². The van der Waals surface area contributed by atoms with Crippen molar-refractivity contribution in [3.63, 3.8) is 0 Å². The first kappa shape index (κ1) is 23.5. The number of aromatic nitrogens is 2. The molecule has 6 heteroatoms. The van der Waals surface area contributed by atoms with E-state index < -0.39 is 0 Å². The van der Waals surface area contributed by atoms with Gasteiger partial charge in [-0.3, -0.25) is 14.6 Å². The van der Waals surface area contributed by atoms with Gasteiger partial charge in [0.1, 0.15) is 5.69 Å². The molecule has 39 heavy (non-hydrogen) atoms. The molecule has 0 spiro atoms. The lowest BCUT2D eigenvalue weighted by molar-refractivity contribution is 0.0721. The number of carbonyl (C=O) groups excluding carboxylic acids is 2. The van der Waals surface area contributed by atoms with Gasteiger partial charge in [0.25, 0.3) is 0 Å². The third-order valence-corrected chi connectivity index (χ3v) is 8.30. The highest BCUT2D eigenvalue weighted by atomic mass is 16.1. The van der Waals surface area contributed by atoms with Gasteiger partial charge in [0.05, 0.1) is 22.5 Å². The first-order valence-corrected chi connectivity index (χ1v) is 13.4. The number of fused-ring (bicyclic) bond motifs is 6. The normalized spacial score (nSPS) is 22.5. The standard InChI is InChI=1S/C33H28N4O2/c1-18-6-12-22(13-7-18)35-30-28-27(31(38)25-20-10-11-21(17-20)26(25)32(28)39)29(24-5-3-4-16-34-24)37-33(30)36-23-14-8-19(2)9-15-23/h3-16,20-21,25-26,35H,17H2,1-2H3,(H,36,37)/t20-,21+,25?,26?/m0/s1. The first-order valence-electron chi connectivity index (χ1n) is 13.4. The predicted octanol–water partition coefficient (Wildman–Crippen LogP) is 7.06. The number of nitrogens with zero attached hydrogens (tertiary/aromatic N) is 2. The Labute approximate surface area is 227 Å². The smallest absolute Gasteiger partial charge is 0.170 e. The molecule has 4 atom stereocenters. The van der Waals surface area contributed by atoms with Gasteiger partial charge in [-0.1, -0.05) is 53.6 Å². The van der Waals surface area contributed by atoms with Crippen molar-refractivity contribution in [3.05, 3.63) is 107 Å². The zero-order valence-electron chi connectivity index (χ0n) is 21.8. The molecular weight excluding hydrogens is 484 g/mol. The SMILES string of the molecule is Cc1ccc(Nc2nc(-c3ccccn3)c3c(c2Nc2ccc(C)cc2)C(=O)C2C(C3=O)[C@H]3C=C[C@@H]2C3)cc1. The van der Waals surface area contributed by atoms with Crippen molar-refractivity contribution in [2.24, 2.45) is 23.7 Å². The van der Waals surface area contributed by atoms with Gasteiger partial charge < -0.3 is 10.6 Å². The molecule has 2 heterocycles. The van der Waals surface area contributed by atoms with Crippen LogP contribution >= 0.6 is 0 Å². The number of hydrogen-bond acceptors (Lipinski definition) is 6. The van der Waals surface area contributed by atoms with Crippen LogP contribution in [0.5, 0.6) is 0 Å². The van der Waals surface area contributed by atoms with E-state index >= 15 is 0 Å². The van der Waals surface area contributed by atoms with E-state index in [9.17, 15) is 9.59 Å². The second-order valence-electron chi connectivity index (χ2n) is 10.9. The minimum Gasteiger partial charge on any atom is -0.352 e. The maximum absolute atomic E-state index is 14.4. The van der Waals surface area contributed by atoms with Crippen LogP contribution in [0.2, 0.25) is 0 Å². The highest BCUT2D eigenvalue weighted by molar-refractivity contribution is 6.23. The molecular formula is C33H28N4O2. The molecule has 0 aliphatic heterocycles. The summed E-state index contributed by atoms with van der Waals surface area (Å²) in [5.74, 6) is -0.00723. The largest absolute Gasteiger partial charge is 0.352 e. The maximum Gasteiger partial charge on any atom is 0.170 e. The predicted molar refractivity (Wildman–Crippen MR) is 153 cm³/mol. The Morgan fingerprint density at radius 2 is 1.31 bits per heavy atom. The molecule has 0 radical (unpaired) electrons. The number of aryl methyl sites for hydroxylation is 2. The van der Waals surface area contributed by atoms with Gasteiger partial charge in [0, 0.05) is 29.4 Å². The van der Waals surface area contributed by atoms with E-state index in [0.29, 0.717) is 34.0 Å². The molecule has 4 aromatic rings. The van der Waals surface area contributed by atoms with Crippen molar-refractivity contribution in [2.45, 2.75) is 20.3 Å². The molecule has 2 bridgehead atoms. The minimum absolute atomic E-state index is 0.00607. The summed E-state index contributed by atoms with van der Waals surface area (Å²) in [6, 6.07) is 21.5. The fourth-order valence-electron chi connectivity index (χ4n) is 6.40. The Balaban J connectivity index is 1.48. The lowest BCUT2D eigenvalue weighted by atomic mass is 9.68. The van der Waals surface area contributed by atoms with Crippen LogP contribution in [0.25, 0.3) is 11.4 Å². The quantitative estimate of drug-likeness (QED) is 0.278. The monoisotopic (exact) mass is 512 g/mol. The molecule has 6 nitrogen and oxygen atoms in total. The van der Waals surface area contributed by atoms with E-state index in [4.69, 9.17) is 4.98 Å². The van der Waals surface area contributed by atoms with E-state index in [1.54, 1.807) is 6.20 Å². The van der Waals surface area contributed by atoms with Gasteiger partial charge in [-0.25, -0.2) is 4.98 Å². The number of hydrogen-bond donors (Lipinski definition) is 2. The van der Waals surface area contributed by atoms with E-state index in [1.165, 1.54) is 0 Å². The third kappa shape index (κ3) is 3.86. The molecule has 192 valence electrons. The summed E-state index contributed by atoms with van der Waals surface area (Å²) in [6.45, 7) is 4.07. The third-order valence-electron chi connectivity index (χ3n) is 8.30. The van der Waals surface area contributed by atoms with Crippen LogP contribution in [0.1, 0.15) is 38.3 Å². The Hall–Kier alpha value is -4.58. The number of allylic oxidation sites excluding steroid dienone is 2. The lowest BCUT2D eigenvalue weighted by Gasteiger charge is -2.34. The summed E-state index contributed by atoms with van der Waals surface area (Å²) < 4.78 is 0. The second kappa shape index (κ2) is 9.02. The first-order chi connectivity index (χ1) is 19.0. The van der Waals surface area contributed by atoms with Crippen molar-refractivity contribution in [1.29, 1.82) is 0 Å². The van der Waals surface area contributed by atoms with E-state index in [0.717, 1.165) is 28.9 Å². The average Bonchev–Trinajstić information content (AvgIpc) is 3.58. The van der Waals surface area contributed by atoms with Crippen LogP contribution in [0, 0.1) is 37.5 Å². The van der Waals surface area contributed by atoms with Gasteiger partial charge in [-0.05, 0) is 68.5 Å². The van der Waals surface area contributed by atoms with Gasteiger partial charge >= 0.3 is 0 Å². The Morgan fingerprint density at radius 1 is 0.718 bits per heavy atom.